The van der Waals surface area contributed by atoms with Crippen LogP contribution in [0.4, 0.5) is 0 Å². The molecule has 0 saturated heterocycles. The maximum atomic E-state index is 12.0. The molecule has 1 aromatic rings. The van der Waals surface area contributed by atoms with Crippen molar-refractivity contribution in [1.29, 1.82) is 0 Å². The molecule has 0 radical (unpaired) electrons. The zero-order valence-corrected chi connectivity index (χ0v) is 11.0. The molecule has 0 aliphatic carbocycles. The largest absolute Gasteiger partial charge is 0.383 e. The minimum absolute atomic E-state index is 0.169. The molecule has 0 aromatic carbocycles. The Morgan fingerprint density at radius 2 is 2.24 bits per heavy atom. The van der Waals surface area contributed by atoms with E-state index in [0.717, 1.165) is 5.69 Å². The van der Waals surface area contributed by atoms with Gasteiger partial charge in [-0.2, -0.15) is 0 Å². The molecule has 0 aliphatic heterocycles. The Bertz CT molecular complexity index is 396. The highest BCUT2D eigenvalue weighted by Gasteiger charge is 2.14. The average molecular weight is 257 g/mol. The Morgan fingerprint density at radius 3 is 2.76 bits per heavy atom. The first-order valence-corrected chi connectivity index (χ1v) is 5.92. The van der Waals surface area contributed by atoms with Crippen LogP contribution in [0.5, 0.6) is 0 Å². The van der Waals surface area contributed by atoms with E-state index in [1.165, 1.54) is 0 Å². The predicted octanol–water partition coefficient (Wildman–Crippen LogP) is 1.68. The van der Waals surface area contributed by atoms with Crippen LogP contribution in [-0.2, 0) is 4.74 Å². The summed E-state index contributed by atoms with van der Waals surface area (Å²) in [5, 5.41) is 2.81. The third-order valence-electron chi connectivity index (χ3n) is 2.36. The monoisotopic (exact) mass is 256 g/mol. The van der Waals surface area contributed by atoms with Gasteiger partial charge in [0.2, 0.25) is 0 Å². The summed E-state index contributed by atoms with van der Waals surface area (Å²) in [5.74, 6) is 0.149. The van der Waals surface area contributed by atoms with Crippen LogP contribution < -0.4 is 5.32 Å². The van der Waals surface area contributed by atoms with Crippen LogP contribution in [0.2, 0.25) is 0 Å². The van der Waals surface area contributed by atoms with Crippen LogP contribution in [0.3, 0.4) is 0 Å². The fourth-order valence-corrected chi connectivity index (χ4v) is 1.68. The summed E-state index contributed by atoms with van der Waals surface area (Å²) in [6, 6.07) is 3.40. The first-order valence-electron chi connectivity index (χ1n) is 5.38. The van der Waals surface area contributed by atoms with Crippen LogP contribution in [-0.4, -0.2) is 36.5 Å². The van der Waals surface area contributed by atoms with Crippen LogP contribution in [0.25, 0.3) is 0 Å². The van der Waals surface area contributed by atoms with E-state index in [1.54, 1.807) is 13.2 Å². The van der Waals surface area contributed by atoms with E-state index in [2.05, 4.69) is 10.3 Å². The van der Waals surface area contributed by atoms with Crippen molar-refractivity contribution < 1.29 is 9.53 Å². The SMILES string of the molecule is COCC(CCl)NC(=O)c1ccc(C)nc1C. The molecule has 0 fully saturated rings. The number of aromatic nitrogens is 1. The number of hydrogen-bond donors (Lipinski definition) is 1. The van der Waals surface area contributed by atoms with Gasteiger partial charge in [0.1, 0.15) is 0 Å². The second-order valence-electron chi connectivity index (χ2n) is 3.87. The number of methoxy groups -OCH3 is 1. The van der Waals surface area contributed by atoms with Gasteiger partial charge in [0.15, 0.2) is 0 Å². The number of amides is 1. The molecule has 0 saturated carbocycles. The molecular weight excluding hydrogens is 240 g/mol. The normalized spacial score (nSPS) is 12.2. The van der Waals surface area contributed by atoms with Crippen LogP contribution in [0.15, 0.2) is 12.1 Å². The van der Waals surface area contributed by atoms with Crippen LogP contribution >= 0.6 is 11.6 Å². The smallest absolute Gasteiger partial charge is 0.253 e. The number of pyridine rings is 1. The maximum Gasteiger partial charge on any atom is 0.253 e. The highest BCUT2D eigenvalue weighted by atomic mass is 35.5. The van der Waals surface area contributed by atoms with Gasteiger partial charge in [0.05, 0.1) is 23.9 Å². The van der Waals surface area contributed by atoms with Crippen molar-refractivity contribution in [1.82, 2.24) is 10.3 Å². The zero-order chi connectivity index (χ0) is 12.8. The third kappa shape index (κ3) is 3.98. The van der Waals surface area contributed by atoms with E-state index in [9.17, 15) is 4.79 Å². The molecule has 94 valence electrons. The van der Waals surface area contributed by atoms with Gasteiger partial charge in [-0.25, -0.2) is 0 Å². The summed E-state index contributed by atoms with van der Waals surface area (Å²) < 4.78 is 4.97. The molecule has 5 heteroatoms. The number of aryl methyl sites for hydroxylation is 2. The lowest BCUT2D eigenvalue weighted by Crippen LogP contribution is -2.39. The van der Waals surface area contributed by atoms with Crippen molar-refractivity contribution in [2.45, 2.75) is 19.9 Å². The number of carbonyl (C=O) groups excluding carboxylic acids is 1. The minimum Gasteiger partial charge on any atom is -0.383 e. The molecule has 1 amide bonds. The van der Waals surface area contributed by atoms with Gasteiger partial charge in [-0.1, -0.05) is 0 Å². The van der Waals surface area contributed by atoms with Gasteiger partial charge in [-0.3, -0.25) is 9.78 Å². The van der Waals surface area contributed by atoms with Gasteiger partial charge >= 0.3 is 0 Å². The number of ether oxygens (including phenoxy) is 1. The first-order chi connectivity index (χ1) is 8.08. The number of nitrogens with one attached hydrogen (secondary N) is 1. The number of hydrogen-bond acceptors (Lipinski definition) is 3. The van der Waals surface area contributed by atoms with E-state index in [0.29, 0.717) is 23.7 Å². The Balaban J connectivity index is 2.75. The van der Waals surface area contributed by atoms with E-state index in [-0.39, 0.29) is 11.9 Å². The lowest BCUT2D eigenvalue weighted by molar-refractivity contribution is 0.0906. The molecule has 17 heavy (non-hydrogen) atoms. The summed E-state index contributed by atoms with van der Waals surface area (Å²) in [5.41, 5.74) is 2.18. The minimum atomic E-state index is -0.185. The number of nitrogens with zero attached hydrogens (tertiary/aromatic N) is 1. The van der Waals surface area contributed by atoms with Crippen molar-refractivity contribution in [2.24, 2.45) is 0 Å². The fraction of sp³-hybridized carbons (Fsp3) is 0.500. The van der Waals surface area contributed by atoms with Gasteiger partial charge in [-0.05, 0) is 26.0 Å². The summed E-state index contributed by atoms with van der Waals surface area (Å²) in [4.78, 5) is 16.2. The highest BCUT2D eigenvalue weighted by molar-refractivity contribution is 6.18. The third-order valence-corrected chi connectivity index (χ3v) is 2.73. The van der Waals surface area contributed by atoms with E-state index < -0.39 is 0 Å². The summed E-state index contributed by atoms with van der Waals surface area (Å²) in [6.45, 7) is 4.10. The van der Waals surface area contributed by atoms with Gasteiger partial charge in [0, 0.05) is 18.7 Å². The van der Waals surface area contributed by atoms with E-state index in [4.69, 9.17) is 16.3 Å². The van der Waals surface area contributed by atoms with Gasteiger partial charge in [-0.15, -0.1) is 11.6 Å². The second kappa shape index (κ2) is 6.57. The molecule has 0 spiro atoms. The number of carbonyl (C=O) groups is 1. The Kier molecular flexibility index (Phi) is 5.38. The van der Waals surface area contributed by atoms with Gasteiger partial charge < -0.3 is 10.1 Å². The zero-order valence-electron chi connectivity index (χ0n) is 10.3. The maximum absolute atomic E-state index is 12.0. The molecule has 1 rings (SSSR count). The Hall–Kier alpha value is -1.13. The molecule has 1 unspecified atom stereocenters. The molecular formula is C12H17ClN2O2. The lowest BCUT2D eigenvalue weighted by atomic mass is 10.1. The van der Waals surface area contributed by atoms with Crippen LogP contribution in [0.1, 0.15) is 21.7 Å². The molecule has 0 bridgehead atoms. The summed E-state index contributed by atoms with van der Waals surface area (Å²) in [7, 11) is 1.57. The predicted molar refractivity (Wildman–Crippen MR) is 67.6 cm³/mol. The number of halogens is 1. The molecule has 4 nitrogen and oxygen atoms in total. The number of rotatable bonds is 5. The quantitative estimate of drug-likeness (QED) is 0.816. The molecule has 1 aromatic heterocycles. The highest BCUT2D eigenvalue weighted by Crippen LogP contribution is 2.07. The standard InChI is InChI=1S/C12H17ClN2O2/c1-8-4-5-11(9(2)14-8)12(16)15-10(6-13)7-17-3/h4-5,10H,6-7H2,1-3H3,(H,15,16). The average Bonchev–Trinajstić information content (AvgIpc) is 2.28. The van der Waals surface area contributed by atoms with Crippen molar-refractivity contribution in [3.05, 3.63) is 29.1 Å². The molecule has 1 N–H and O–H groups in total. The van der Waals surface area contributed by atoms with Gasteiger partial charge in [0.25, 0.3) is 5.91 Å². The van der Waals surface area contributed by atoms with E-state index in [1.807, 2.05) is 19.9 Å². The van der Waals surface area contributed by atoms with Crippen molar-refractivity contribution >= 4 is 17.5 Å². The molecule has 0 aliphatic rings. The number of alkyl halides is 1. The van der Waals surface area contributed by atoms with Crippen molar-refractivity contribution in [3.8, 4) is 0 Å². The molecule has 1 atom stereocenters. The van der Waals surface area contributed by atoms with Crippen LogP contribution in [0, 0.1) is 13.8 Å². The summed E-state index contributed by atoms with van der Waals surface area (Å²) in [6.07, 6.45) is 0. The fourth-order valence-electron chi connectivity index (χ4n) is 1.52. The van der Waals surface area contributed by atoms with E-state index >= 15 is 0 Å². The Labute approximate surface area is 106 Å². The second-order valence-corrected chi connectivity index (χ2v) is 4.17. The first kappa shape index (κ1) is 13.9. The molecule has 1 heterocycles. The lowest BCUT2D eigenvalue weighted by Gasteiger charge is -2.15. The van der Waals surface area contributed by atoms with Crippen molar-refractivity contribution in [3.63, 3.8) is 0 Å². The van der Waals surface area contributed by atoms with Crippen molar-refractivity contribution in [2.75, 3.05) is 19.6 Å². The topological polar surface area (TPSA) is 51.2 Å². The summed E-state index contributed by atoms with van der Waals surface area (Å²) >= 11 is 5.73. The Morgan fingerprint density at radius 1 is 1.53 bits per heavy atom.